The van der Waals surface area contributed by atoms with Crippen molar-refractivity contribution < 1.29 is 19.1 Å². The van der Waals surface area contributed by atoms with Gasteiger partial charge in [-0.2, -0.15) is 0 Å². The molecule has 0 atom stereocenters. The zero-order valence-electron chi connectivity index (χ0n) is 12.5. The van der Waals surface area contributed by atoms with Crippen LogP contribution in [0.15, 0.2) is 48.5 Å². The molecule has 118 valence electrons. The third kappa shape index (κ3) is 4.41. The Bertz CT molecular complexity index is 739. The van der Waals surface area contributed by atoms with E-state index < -0.39 is 5.91 Å². The molecule has 23 heavy (non-hydrogen) atoms. The molecular formula is C17H16N2O4. The average Bonchev–Trinajstić information content (AvgIpc) is 2.53. The first-order chi connectivity index (χ1) is 11.0. The van der Waals surface area contributed by atoms with Gasteiger partial charge in [0, 0.05) is 11.3 Å². The molecule has 0 aliphatic carbocycles. The number of para-hydroxylation sites is 1. The fraction of sp³-hybridized carbons (Fsp3) is 0.118. The molecule has 0 radical (unpaired) electrons. The Balaban J connectivity index is 2.14. The summed E-state index contributed by atoms with van der Waals surface area (Å²) in [5.74, 6) is -0.794. The number of benzene rings is 2. The van der Waals surface area contributed by atoms with Gasteiger partial charge in [0.2, 0.25) is 0 Å². The molecule has 3 N–H and O–H groups in total. The van der Waals surface area contributed by atoms with E-state index in [1.165, 1.54) is 6.92 Å². The van der Waals surface area contributed by atoms with Gasteiger partial charge in [-0.05, 0) is 43.3 Å². The van der Waals surface area contributed by atoms with Gasteiger partial charge in [0.15, 0.2) is 12.4 Å². The average molecular weight is 312 g/mol. The van der Waals surface area contributed by atoms with Crippen LogP contribution in [0.4, 0.5) is 5.69 Å². The summed E-state index contributed by atoms with van der Waals surface area (Å²) in [6, 6.07) is 13.1. The van der Waals surface area contributed by atoms with E-state index >= 15 is 0 Å². The molecule has 6 heteroatoms. The van der Waals surface area contributed by atoms with Crippen LogP contribution in [-0.4, -0.2) is 24.2 Å². The van der Waals surface area contributed by atoms with Crippen molar-refractivity contribution in [3.05, 3.63) is 59.7 Å². The summed E-state index contributed by atoms with van der Waals surface area (Å²) in [5.41, 5.74) is 6.43. The van der Waals surface area contributed by atoms with Gasteiger partial charge in [-0.15, -0.1) is 0 Å². The van der Waals surface area contributed by atoms with Crippen LogP contribution in [0, 0.1) is 0 Å². The van der Waals surface area contributed by atoms with Crippen LogP contribution in [0.3, 0.4) is 0 Å². The van der Waals surface area contributed by atoms with Crippen LogP contribution in [0.2, 0.25) is 0 Å². The highest BCUT2D eigenvalue weighted by Gasteiger charge is 2.13. The van der Waals surface area contributed by atoms with Crippen molar-refractivity contribution in [1.82, 2.24) is 0 Å². The summed E-state index contributed by atoms with van der Waals surface area (Å²) in [7, 11) is 0. The number of rotatable bonds is 6. The van der Waals surface area contributed by atoms with Gasteiger partial charge in [-0.25, -0.2) is 0 Å². The molecule has 0 aliphatic heterocycles. The largest absolute Gasteiger partial charge is 0.483 e. The van der Waals surface area contributed by atoms with Gasteiger partial charge in [-0.1, -0.05) is 12.1 Å². The Morgan fingerprint density at radius 1 is 1.04 bits per heavy atom. The van der Waals surface area contributed by atoms with Crippen molar-refractivity contribution >= 4 is 23.3 Å². The minimum atomic E-state index is -0.625. The first-order valence-electron chi connectivity index (χ1n) is 6.90. The number of nitrogens with two attached hydrogens (primary N) is 1. The number of ketones is 1. The number of Topliss-reactive ketones (excluding diaryl/α,β-unsaturated/α-hetero) is 1. The summed E-state index contributed by atoms with van der Waals surface area (Å²) >= 11 is 0. The number of amides is 2. The Morgan fingerprint density at radius 2 is 1.70 bits per heavy atom. The van der Waals surface area contributed by atoms with Crippen molar-refractivity contribution in [3.8, 4) is 5.75 Å². The zero-order valence-corrected chi connectivity index (χ0v) is 12.5. The van der Waals surface area contributed by atoms with Crippen LogP contribution in [0.25, 0.3) is 0 Å². The summed E-state index contributed by atoms with van der Waals surface area (Å²) in [4.78, 5) is 34.4. The van der Waals surface area contributed by atoms with Gasteiger partial charge < -0.3 is 15.8 Å². The van der Waals surface area contributed by atoms with Gasteiger partial charge in [-0.3, -0.25) is 14.4 Å². The number of anilines is 1. The Morgan fingerprint density at radius 3 is 2.30 bits per heavy atom. The van der Waals surface area contributed by atoms with E-state index in [2.05, 4.69) is 5.32 Å². The van der Waals surface area contributed by atoms with E-state index in [0.29, 0.717) is 11.3 Å². The summed E-state index contributed by atoms with van der Waals surface area (Å²) < 4.78 is 5.23. The third-order valence-corrected chi connectivity index (χ3v) is 3.05. The van der Waals surface area contributed by atoms with E-state index in [9.17, 15) is 14.4 Å². The van der Waals surface area contributed by atoms with Gasteiger partial charge in [0.1, 0.15) is 5.75 Å². The topological polar surface area (TPSA) is 98.5 Å². The second kappa shape index (κ2) is 7.22. The molecule has 0 saturated heterocycles. The molecule has 6 nitrogen and oxygen atoms in total. The number of hydrogen-bond donors (Lipinski definition) is 2. The summed E-state index contributed by atoms with van der Waals surface area (Å²) in [6.45, 7) is 1.16. The molecule has 0 bridgehead atoms. The van der Waals surface area contributed by atoms with E-state index in [1.54, 1.807) is 48.5 Å². The molecule has 2 aromatic carbocycles. The van der Waals surface area contributed by atoms with Crippen molar-refractivity contribution in [2.24, 2.45) is 5.73 Å². The quantitative estimate of drug-likeness (QED) is 0.797. The first-order valence-corrected chi connectivity index (χ1v) is 6.90. The predicted molar refractivity (Wildman–Crippen MR) is 85.5 cm³/mol. The molecule has 0 saturated carbocycles. The summed E-state index contributed by atoms with van der Waals surface area (Å²) in [5, 5.41) is 2.71. The fourth-order valence-electron chi connectivity index (χ4n) is 1.92. The molecule has 0 spiro atoms. The number of primary amides is 1. The minimum Gasteiger partial charge on any atom is -0.483 e. The highest BCUT2D eigenvalue weighted by atomic mass is 16.5. The maximum atomic E-state index is 12.3. The van der Waals surface area contributed by atoms with Crippen LogP contribution < -0.4 is 15.8 Å². The van der Waals surface area contributed by atoms with Crippen molar-refractivity contribution in [2.75, 3.05) is 11.9 Å². The maximum Gasteiger partial charge on any atom is 0.259 e. The fourth-order valence-corrected chi connectivity index (χ4v) is 1.92. The van der Waals surface area contributed by atoms with E-state index in [1.807, 2.05) is 0 Å². The lowest BCUT2D eigenvalue weighted by Crippen LogP contribution is -2.21. The Hall–Kier alpha value is -3.15. The number of carbonyl (C=O) groups excluding carboxylic acids is 3. The number of hydrogen-bond acceptors (Lipinski definition) is 4. The SMILES string of the molecule is CC(=O)c1ccc(NC(=O)c2ccccc2OCC(N)=O)cc1. The molecule has 0 aromatic heterocycles. The first kappa shape index (κ1) is 16.2. The highest BCUT2D eigenvalue weighted by Crippen LogP contribution is 2.20. The number of nitrogens with one attached hydrogen (secondary N) is 1. The van der Waals surface area contributed by atoms with Crippen molar-refractivity contribution in [2.45, 2.75) is 6.92 Å². The second-order valence-electron chi connectivity index (χ2n) is 4.84. The zero-order chi connectivity index (χ0) is 16.8. The minimum absolute atomic E-state index is 0.0481. The van der Waals surface area contributed by atoms with E-state index in [0.717, 1.165) is 0 Å². The van der Waals surface area contributed by atoms with Gasteiger partial charge >= 0.3 is 0 Å². The number of carbonyl (C=O) groups is 3. The van der Waals surface area contributed by atoms with Gasteiger partial charge in [0.25, 0.3) is 11.8 Å². The molecular weight excluding hydrogens is 296 g/mol. The molecule has 2 amide bonds. The lowest BCUT2D eigenvalue weighted by Gasteiger charge is -2.11. The van der Waals surface area contributed by atoms with E-state index in [4.69, 9.17) is 10.5 Å². The van der Waals surface area contributed by atoms with E-state index in [-0.39, 0.29) is 29.6 Å². The van der Waals surface area contributed by atoms with Crippen molar-refractivity contribution in [3.63, 3.8) is 0 Å². The third-order valence-electron chi connectivity index (χ3n) is 3.05. The number of ether oxygens (including phenoxy) is 1. The van der Waals surface area contributed by atoms with Crippen molar-refractivity contribution in [1.29, 1.82) is 0 Å². The Kier molecular flexibility index (Phi) is 5.09. The highest BCUT2D eigenvalue weighted by molar-refractivity contribution is 6.06. The standard InChI is InChI=1S/C17H16N2O4/c1-11(20)12-6-8-13(9-7-12)19-17(22)14-4-2-3-5-15(14)23-10-16(18)21/h2-9H,10H2,1H3,(H2,18,21)(H,19,22). The summed E-state index contributed by atoms with van der Waals surface area (Å²) in [6.07, 6.45) is 0. The lowest BCUT2D eigenvalue weighted by molar-refractivity contribution is -0.119. The smallest absolute Gasteiger partial charge is 0.259 e. The molecule has 2 rings (SSSR count). The molecule has 0 heterocycles. The molecule has 0 unspecified atom stereocenters. The monoisotopic (exact) mass is 312 g/mol. The predicted octanol–water partition coefficient (Wildman–Crippen LogP) is 2.01. The van der Waals surface area contributed by atoms with Crippen LogP contribution in [0.1, 0.15) is 27.6 Å². The maximum absolute atomic E-state index is 12.3. The second-order valence-corrected chi connectivity index (χ2v) is 4.84. The van der Waals surface area contributed by atoms with Crippen LogP contribution in [-0.2, 0) is 4.79 Å². The van der Waals surface area contributed by atoms with Crippen LogP contribution >= 0.6 is 0 Å². The molecule has 0 aliphatic rings. The molecule has 2 aromatic rings. The normalized spacial score (nSPS) is 9.96. The Labute approximate surface area is 133 Å². The lowest BCUT2D eigenvalue weighted by atomic mass is 10.1. The van der Waals surface area contributed by atoms with Gasteiger partial charge in [0.05, 0.1) is 5.56 Å². The molecule has 0 fully saturated rings. The van der Waals surface area contributed by atoms with Crippen LogP contribution in [0.5, 0.6) is 5.75 Å².